The third kappa shape index (κ3) is 13.1. The Morgan fingerprint density at radius 3 is 1.31 bits per heavy atom. The van der Waals surface area contributed by atoms with Crippen molar-refractivity contribution in [2.24, 2.45) is 5.41 Å². The summed E-state index contributed by atoms with van der Waals surface area (Å²) in [5, 5.41) is 9.63. The van der Waals surface area contributed by atoms with E-state index in [0.717, 1.165) is 25.7 Å². The van der Waals surface area contributed by atoms with Gasteiger partial charge in [-0.15, -0.1) is 0 Å². The van der Waals surface area contributed by atoms with Gasteiger partial charge in [0.2, 0.25) is 0 Å². The summed E-state index contributed by atoms with van der Waals surface area (Å²) in [4.78, 5) is 24.3. The van der Waals surface area contributed by atoms with Gasteiger partial charge in [0.1, 0.15) is 11.2 Å². The molecule has 0 saturated heterocycles. The maximum atomic E-state index is 12.6. The number of carbonyl (C=O) groups excluding carboxylic acids is 1. The van der Waals surface area contributed by atoms with Gasteiger partial charge in [-0.25, -0.2) is 0 Å². The predicted octanol–water partition coefficient (Wildman–Crippen LogP) is 8.49. The Kier molecular flexibility index (Phi) is 18.6. The highest BCUT2D eigenvalue weighted by atomic mass is 16.4. The fourth-order valence-corrected chi connectivity index (χ4v) is 4.27. The summed E-state index contributed by atoms with van der Waals surface area (Å²) in [5.41, 5.74) is -1.13. The molecule has 0 aromatic heterocycles. The molecule has 0 fully saturated rings. The van der Waals surface area contributed by atoms with E-state index in [4.69, 9.17) is 0 Å². The molecule has 0 radical (unpaired) electrons. The molecule has 1 unspecified atom stereocenters. The second-order valence-corrected chi connectivity index (χ2v) is 8.97. The van der Waals surface area contributed by atoms with Crippen molar-refractivity contribution in [3.05, 3.63) is 0 Å². The third-order valence-corrected chi connectivity index (χ3v) is 6.51. The fourth-order valence-electron chi connectivity index (χ4n) is 4.27. The highest BCUT2D eigenvalue weighted by molar-refractivity contribution is 6.02. The van der Waals surface area contributed by atoms with Crippen LogP contribution in [-0.2, 0) is 9.59 Å². The smallest absolute Gasteiger partial charge is 0.317 e. The highest BCUT2D eigenvalue weighted by Gasteiger charge is 2.42. The zero-order chi connectivity index (χ0) is 21.8. The first-order valence-corrected chi connectivity index (χ1v) is 12.8. The van der Waals surface area contributed by atoms with E-state index in [1.165, 1.54) is 83.5 Å². The molecule has 0 rings (SSSR count). The first kappa shape index (κ1) is 28.1. The number of aliphatic carboxylic acids is 1. The molecule has 0 spiro atoms. The molecule has 0 aliphatic heterocycles. The largest absolute Gasteiger partial charge is 0.480 e. The minimum atomic E-state index is -1.13. The van der Waals surface area contributed by atoms with Crippen molar-refractivity contribution in [1.82, 2.24) is 0 Å². The van der Waals surface area contributed by atoms with Gasteiger partial charge in [-0.1, -0.05) is 124 Å². The van der Waals surface area contributed by atoms with E-state index < -0.39 is 11.4 Å². The lowest BCUT2D eigenvalue weighted by Crippen LogP contribution is -2.38. The number of carboxylic acids is 1. The van der Waals surface area contributed by atoms with Gasteiger partial charge in [0, 0.05) is 6.42 Å². The second-order valence-electron chi connectivity index (χ2n) is 8.97. The van der Waals surface area contributed by atoms with Gasteiger partial charge >= 0.3 is 5.97 Å². The molecule has 0 aliphatic rings. The molecule has 29 heavy (non-hydrogen) atoms. The van der Waals surface area contributed by atoms with E-state index in [1.54, 1.807) is 0 Å². The molecular weight excluding hydrogens is 360 g/mol. The fraction of sp³-hybridized carbons (Fsp3) is 0.923. The number of Topliss-reactive ketones (excluding diaryl/α,β-unsaturated/α-hetero) is 1. The number of carbonyl (C=O) groups is 2. The lowest BCUT2D eigenvalue weighted by atomic mass is 9.75. The van der Waals surface area contributed by atoms with Crippen LogP contribution in [0.15, 0.2) is 0 Å². The van der Waals surface area contributed by atoms with Crippen molar-refractivity contribution < 1.29 is 14.7 Å². The normalized spacial score (nSPS) is 13.3. The number of rotatable bonds is 22. The van der Waals surface area contributed by atoms with Crippen LogP contribution in [0.5, 0.6) is 0 Å². The molecule has 3 nitrogen and oxygen atoms in total. The van der Waals surface area contributed by atoms with E-state index in [-0.39, 0.29) is 5.78 Å². The predicted molar refractivity (Wildman–Crippen MR) is 124 cm³/mol. The Balaban J connectivity index is 3.66. The average Bonchev–Trinajstić information content (AvgIpc) is 2.71. The molecule has 0 amide bonds. The average molecular weight is 411 g/mol. The van der Waals surface area contributed by atoms with E-state index >= 15 is 0 Å². The molecule has 0 aromatic rings. The van der Waals surface area contributed by atoms with Crippen LogP contribution in [0.25, 0.3) is 0 Å². The number of ketones is 1. The summed E-state index contributed by atoms with van der Waals surface area (Å²) in [6.45, 7) is 6.15. The molecule has 1 atom stereocenters. The zero-order valence-corrected chi connectivity index (χ0v) is 19.9. The lowest BCUT2D eigenvalue weighted by Gasteiger charge is -2.26. The Hall–Kier alpha value is -0.860. The van der Waals surface area contributed by atoms with Gasteiger partial charge < -0.3 is 5.11 Å². The minimum Gasteiger partial charge on any atom is -0.480 e. The van der Waals surface area contributed by atoms with Crippen LogP contribution in [0.2, 0.25) is 0 Å². The van der Waals surface area contributed by atoms with E-state index in [2.05, 4.69) is 6.92 Å². The Morgan fingerprint density at radius 1 is 0.586 bits per heavy atom. The monoisotopic (exact) mass is 410 g/mol. The van der Waals surface area contributed by atoms with Gasteiger partial charge in [-0.2, -0.15) is 0 Å². The van der Waals surface area contributed by atoms with Crippen LogP contribution in [0, 0.1) is 5.41 Å². The van der Waals surface area contributed by atoms with Gasteiger partial charge in [-0.05, 0) is 19.3 Å². The van der Waals surface area contributed by atoms with Crippen LogP contribution < -0.4 is 0 Å². The van der Waals surface area contributed by atoms with Crippen LogP contribution in [-0.4, -0.2) is 16.9 Å². The quantitative estimate of drug-likeness (QED) is 0.144. The minimum absolute atomic E-state index is 0.0457. The maximum absolute atomic E-state index is 12.6. The molecule has 0 saturated carbocycles. The number of unbranched alkanes of at least 4 members (excludes halogenated alkanes) is 15. The summed E-state index contributed by atoms with van der Waals surface area (Å²) in [7, 11) is 0. The first-order chi connectivity index (χ1) is 14.0. The van der Waals surface area contributed by atoms with Crippen molar-refractivity contribution in [1.29, 1.82) is 0 Å². The van der Waals surface area contributed by atoms with Gasteiger partial charge in [0.05, 0.1) is 0 Å². The summed E-state index contributed by atoms with van der Waals surface area (Å²) in [5.74, 6) is -0.963. The zero-order valence-electron chi connectivity index (χ0n) is 19.9. The molecule has 0 aromatic carbocycles. The van der Waals surface area contributed by atoms with Crippen molar-refractivity contribution in [2.75, 3.05) is 0 Å². The van der Waals surface area contributed by atoms with Crippen molar-refractivity contribution in [3.8, 4) is 0 Å². The van der Waals surface area contributed by atoms with Crippen molar-refractivity contribution in [2.45, 2.75) is 149 Å². The van der Waals surface area contributed by atoms with Crippen LogP contribution in [0.3, 0.4) is 0 Å². The van der Waals surface area contributed by atoms with Crippen LogP contribution in [0.1, 0.15) is 149 Å². The SMILES string of the molecule is CCCCCCCCCCCCCCCCCC(=O)C(CC)(CCCC)C(=O)O. The van der Waals surface area contributed by atoms with Crippen molar-refractivity contribution >= 4 is 11.8 Å². The standard InChI is InChI=1S/C26H50O3/c1-4-7-9-10-11-12-13-14-15-16-17-18-19-20-21-22-24(27)26(6-3,25(28)29)23-8-5-2/h4-23H2,1-3H3,(H,28,29). The van der Waals surface area contributed by atoms with Gasteiger partial charge in [0.25, 0.3) is 0 Å². The Morgan fingerprint density at radius 2 is 0.966 bits per heavy atom. The van der Waals surface area contributed by atoms with Crippen LogP contribution in [0.4, 0.5) is 0 Å². The number of hydrogen-bond donors (Lipinski definition) is 1. The highest BCUT2D eigenvalue weighted by Crippen LogP contribution is 2.32. The van der Waals surface area contributed by atoms with E-state index in [9.17, 15) is 14.7 Å². The number of hydrogen-bond acceptors (Lipinski definition) is 2. The van der Waals surface area contributed by atoms with Gasteiger partial charge in [-0.3, -0.25) is 9.59 Å². The van der Waals surface area contributed by atoms with Crippen LogP contribution >= 0.6 is 0 Å². The van der Waals surface area contributed by atoms with E-state index in [1.807, 2.05) is 13.8 Å². The summed E-state index contributed by atoms with van der Waals surface area (Å²) in [6.07, 6.45) is 22.6. The summed E-state index contributed by atoms with van der Waals surface area (Å²) < 4.78 is 0. The maximum Gasteiger partial charge on any atom is 0.317 e. The molecule has 1 N–H and O–H groups in total. The lowest BCUT2D eigenvalue weighted by molar-refractivity contribution is -0.156. The molecule has 0 bridgehead atoms. The topological polar surface area (TPSA) is 54.4 Å². The number of carboxylic acid groups (broad SMARTS) is 1. The first-order valence-electron chi connectivity index (χ1n) is 12.8. The summed E-state index contributed by atoms with van der Waals surface area (Å²) >= 11 is 0. The Bertz CT molecular complexity index is 405. The molecule has 0 aliphatic carbocycles. The van der Waals surface area contributed by atoms with Crippen molar-refractivity contribution in [3.63, 3.8) is 0 Å². The summed E-state index contributed by atoms with van der Waals surface area (Å²) in [6, 6.07) is 0. The Labute approximate surface area is 181 Å². The molecule has 0 heterocycles. The van der Waals surface area contributed by atoms with Gasteiger partial charge in [0.15, 0.2) is 0 Å². The van der Waals surface area contributed by atoms with E-state index in [0.29, 0.717) is 19.3 Å². The molecular formula is C26H50O3. The second kappa shape index (κ2) is 19.1. The molecule has 172 valence electrons. The molecule has 3 heteroatoms. The third-order valence-electron chi connectivity index (χ3n) is 6.51.